The Kier molecular flexibility index (Phi) is 5.84. The molecular formula is C23H26N6O4. The van der Waals surface area contributed by atoms with E-state index < -0.39 is 0 Å². The summed E-state index contributed by atoms with van der Waals surface area (Å²) in [6.07, 6.45) is -0.214. The predicted molar refractivity (Wildman–Crippen MR) is 123 cm³/mol. The third-order valence-electron chi connectivity index (χ3n) is 5.65. The van der Waals surface area contributed by atoms with Gasteiger partial charge in [0, 0.05) is 36.7 Å². The summed E-state index contributed by atoms with van der Waals surface area (Å²) in [7, 11) is 4.90. The van der Waals surface area contributed by atoms with Gasteiger partial charge in [-0.15, -0.1) is 5.10 Å². The molecule has 3 heterocycles. The molecule has 0 saturated carbocycles. The molecule has 1 fully saturated rings. The molecule has 2 N–H and O–H groups in total. The van der Waals surface area contributed by atoms with E-state index in [-0.39, 0.29) is 6.10 Å². The molecule has 33 heavy (non-hydrogen) atoms. The van der Waals surface area contributed by atoms with Crippen molar-refractivity contribution >= 4 is 22.5 Å². The highest BCUT2D eigenvalue weighted by Crippen LogP contribution is 2.30. The van der Waals surface area contributed by atoms with Crippen LogP contribution in [0.4, 0.5) is 5.95 Å². The van der Waals surface area contributed by atoms with Crippen molar-refractivity contribution in [1.29, 1.82) is 0 Å². The number of hydrogen-bond donors (Lipinski definition) is 2. The topological polar surface area (TPSA) is 104 Å². The van der Waals surface area contributed by atoms with E-state index in [0.717, 1.165) is 29.0 Å². The van der Waals surface area contributed by atoms with Crippen molar-refractivity contribution in [3.63, 3.8) is 0 Å². The maximum Gasteiger partial charge on any atom is 0.226 e. The summed E-state index contributed by atoms with van der Waals surface area (Å²) < 4.78 is 24.0. The summed E-state index contributed by atoms with van der Waals surface area (Å²) in [4.78, 5) is 9.66. The lowest BCUT2D eigenvalue weighted by atomic mass is 10.2. The van der Waals surface area contributed by atoms with Gasteiger partial charge in [-0.2, -0.15) is 4.52 Å². The van der Waals surface area contributed by atoms with Crippen LogP contribution in [0.15, 0.2) is 36.4 Å². The van der Waals surface area contributed by atoms with Crippen molar-refractivity contribution in [2.24, 2.45) is 0 Å². The van der Waals surface area contributed by atoms with Gasteiger partial charge in [0.05, 0.1) is 27.9 Å². The number of aromatic nitrogens is 4. The number of rotatable bonds is 7. The molecule has 2 aromatic heterocycles. The Labute approximate surface area is 190 Å². The zero-order valence-corrected chi connectivity index (χ0v) is 18.8. The molecule has 0 spiro atoms. The molecule has 0 radical (unpaired) electrons. The second kappa shape index (κ2) is 9.08. The molecule has 172 valence electrons. The van der Waals surface area contributed by atoms with Crippen LogP contribution < -0.4 is 24.8 Å². The largest absolute Gasteiger partial charge is 0.497 e. The van der Waals surface area contributed by atoms with Crippen molar-refractivity contribution in [2.45, 2.75) is 12.6 Å². The van der Waals surface area contributed by atoms with Gasteiger partial charge in [0.1, 0.15) is 28.9 Å². The third-order valence-corrected chi connectivity index (χ3v) is 5.65. The van der Waals surface area contributed by atoms with Crippen LogP contribution in [0.2, 0.25) is 0 Å². The Morgan fingerprint density at radius 1 is 1.09 bits per heavy atom. The van der Waals surface area contributed by atoms with Crippen LogP contribution >= 0.6 is 0 Å². The molecule has 4 aromatic rings. The minimum atomic E-state index is -0.214. The molecular weight excluding hydrogens is 424 g/mol. The van der Waals surface area contributed by atoms with Crippen molar-refractivity contribution in [3.05, 3.63) is 47.8 Å². The first-order chi connectivity index (χ1) is 16.2. The fourth-order valence-electron chi connectivity index (χ4n) is 3.94. The lowest BCUT2D eigenvalue weighted by molar-refractivity contribution is 0.0223. The van der Waals surface area contributed by atoms with Gasteiger partial charge in [0.25, 0.3) is 0 Å². The molecule has 1 aliphatic heterocycles. The van der Waals surface area contributed by atoms with Crippen molar-refractivity contribution in [2.75, 3.05) is 46.3 Å². The van der Waals surface area contributed by atoms with Gasteiger partial charge in [-0.05, 0) is 24.3 Å². The Hall–Kier alpha value is -3.63. The van der Waals surface area contributed by atoms with Crippen LogP contribution in [-0.4, -0.2) is 60.6 Å². The molecule has 0 aliphatic carbocycles. The van der Waals surface area contributed by atoms with Gasteiger partial charge >= 0.3 is 0 Å². The van der Waals surface area contributed by atoms with Crippen LogP contribution in [0, 0.1) is 0 Å². The van der Waals surface area contributed by atoms with Crippen molar-refractivity contribution in [3.8, 4) is 17.2 Å². The molecule has 1 saturated heterocycles. The Morgan fingerprint density at radius 3 is 2.73 bits per heavy atom. The van der Waals surface area contributed by atoms with Gasteiger partial charge in [-0.3, -0.25) is 0 Å². The highest BCUT2D eigenvalue weighted by molar-refractivity contribution is 5.96. The smallest absolute Gasteiger partial charge is 0.226 e. The summed E-state index contributed by atoms with van der Waals surface area (Å²) in [6.45, 7) is 2.57. The SMILES string of the molecule is COc1ccc(CNc2nc3c(OC)cccc3c3nc([C@H]4CNCCO4)nn23)c(OC)c1. The lowest BCUT2D eigenvalue weighted by Crippen LogP contribution is -2.33. The maximum atomic E-state index is 5.88. The molecule has 5 rings (SSSR count). The molecule has 10 nitrogen and oxygen atoms in total. The van der Waals surface area contributed by atoms with E-state index in [0.29, 0.717) is 48.4 Å². The summed E-state index contributed by atoms with van der Waals surface area (Å²) in [5.41, 5.74) is 2.35. The van der Waals surface area contributed by atoms with Gasteiger partial charge in [-0.1, -0.05) is 6.07 Å². The van der Waals surface area contributed by atoms with Gasteiger partial charge in [0.2, 0.25) is 5.95 Å². The fourth-order valence-corrected chi connectivity index (χ4v) is 3.94. The van der Waals surface area contributed by atoms with Crippen LogP contribution in [-0.2, 0) is 11.3 Å². The maximum absolute atomic E-state index is 5.88. The van der Waals surface area contributed by atoms with Crippen LogP contribution in [0.5, 0.6) is 17.2 Å². The Morgan fingerprint density at radius 2 is 1.97 bits per heavy atom. The van der Waals surface area contributed by atoms with Crippen LogP contribution in [0.1, 0.15) is 17.5 Å². The Bertz CT molecular complexity index is 1290. The zero-order valence-electron chi connectivity index (χ0n) is 18.8. The molecule has 0 bridgehead atoms. The normalized spacial score (nSPS) is 16.2. The monoisotopic (exact) mass is 450 g/mol. The van der Waals surface area contributed by atoms with E-state index in [4.69, 9.17) is 34.0 Å². The van der Waals surface area contributed by atoms with E-state index in [9.17, 15) is 0 Å². The van der Waals surface area contributed by atoms with E-state index in [2.05, 4.69) is 10.6 Å². The fraction of sp³-hybridized carbons (Fsp3) is 0.348. The second-order valence-corrected chi connectivity index (χ2v) is 7.59. The standard InChI is InChI=1S/C23H26N6O4/c1-30-15-8-7-14(18(11-15)32-3)12-25-23-26-20-16(5-4-6-17(20)31-2)22-27-21(28-29(22)23)19-13-24-9-10-33-19/h4-8,11,19,24H,9-10,12-13H2,1-3H3,(H,25,26)/t19-/m1/s1. The molecule has 0 unspecified atom stereocenters. The highest BCUT2D eigenvalue weighted by Gasteiger charge is 2.23. The number of morpholine rings is 1. The minimum Gasteiger partial charge on any atom is -0.497 e. The lowest BCUT2D eigenvalue weighted by Gasteiger charge is -2.20. The average Bonchev–Trinajstić information content (AvgIpc) is 3.33. The number of ether oxygens (including phenoxy) is 4. The molecule has 10 heteroatoms. The average molecular weight is 450 g/mol. The number of nitrogens with zero attached hydrogens (tertiary/aromatic N) is 4. The number of benzene rings is 2. The second-order valence-electron chi connectivity index (χ2n) is 7.59. The third kappa shape index (κ3) is 3.98. The first kappa shape index (κ1) is 21.2. The number of nitrogens with one attached hydrogen (secondary N) is 2. The number of hydrogen-bond acceptors (Lipinski definition) is 9. The summed E-state index contributed by atoms with van der Waals surface area (Å²) in [6, 6.07) is 11.5. The van der Waals surface area contributed by atoms with Gasteiger partial charge < -0.3 is 29.6 Å². The molecule has 1 atom stereocenters. The number of methoxy groups -OCH3 is 3. The van der Waals surface area contributed by atoms with Crippen LogP contribution in [0.3, 0.4) is 0 Å². The van der Waals surface area contributed by atoms with E-state index in [1.807, 2.05) is 36.4 Å². The summed E-state index contributed by atoms with van der Waals surface area (Å²) >= 11 is 0. The van der Waals surface area contributed by atoms with Crippen LogP contribution in [0.25, 0.3) is 16.6 Å². The zero-order chi connectivity index (χ0) is 22.8. The summed E-state index contributed by atoms with van der Waals surface area (Å²) in [5, 5.41) is 12.3. The molecule has 0 amide bonds. The highest BCUT2D eigenvalue weighted by atomic mass is 16.5. The first-order valence-corrected chi connectivity index (χ1v) is 10.7. The van der Waals surface area contributed by atoms with Gasteiger partial charge in [0.15, 0.2) is 11.5 Å². The van der Waals surface area contributed by atoms with Crippen molar-refractivity contribution in [1.82, 2.24) is 24.9 Å². The van der Waals surface area contributed by atoms with E-state index in [1.54, 1.807) is 25.8 Å². The van der Waals surface area contributed by atoms with Crippen molar-refractivity contribution < 1.29 is 18.9 Å². The quantitative estimate of drug-likeness (QED) is 0.440. The minimum absolute atomic E-state index is 0.214. The van der Waals surface area contributed by atoms with E-state index in [1.165, 1.54) is 0 Å². The van der Waals surface area contributed by atoms with E-state index >= 15 is 0 Å². The summed E-state index contributed by atoms with van der Waals surface area (Å²) in [5.74, 6) is 3.28. The number of fused-ring (bicyclic) bond motifs is 3. The number of anilines is 1. The Balaban J connectivity index is 1.58. The number of para-hydroxylation sites is 1. The molecule has 1 aliphatic rings. The first-order valence-electron chi connectivity index (χ1n) is 10.7. The molecule has 2 aromatic carbocycles. The van der Waals surface area contributed by atoms with Gasteiger partial charge in [-0.25, -0.2) is 9.97 Å². The predicted octanol–water partition coefficient (Wildman–Crippen LogP) is 2.58.